The van der Waals surface area contributed by atoms with Crippen molar-refractivity contribution < 1.29 is 4.79 Å². The van der Waals surface area contributed by atoms with Crippen molar-refractivity contribution in [2.45, 2.75) is 13.3 Å². The Morgan fingerprint density at radius 2 is 2.62 bits per heavy atom. The van der Waals surface area contributed by atoms with Crippen molar-refractivity contribution in [2.24, 2.45) is 0 Å². The molecule has 0 aliphatic heterocycles. The van der Waals surface area contributed by atoms with Gasteiger partial charge in [0.2, 0.25) is 0 Å². The van der Waals surface area contributed by atoms with Crippen molar-refractivity contribution in [3.8, 4) is 0 Å². The molecule has 1 aromatic rings. The lowest BCUT2D eigenvalue weighted by Gasteiger charge is -1.99. The Balaban J connectivity index is 2.27. The summed E-state index contributed by atoms with van der Waals surface area (Å²) in [7, 11) is 0. The molecule has 0 spiro atoms. The van der Waals surface area contributed by atoms with Crippen LogP contribution in [0.15, 0.2) is 24.7 Å². The normalized spacial score (nSPS) is 10.5. The fourth-order valence-corrected chi connectivity index (χ4v) is 0.911. The molecule has 0 fully saturated rings. The van der Waals surface area contributed by atoms with Gasteiger partial charge in [-0.1, -0.05) is 12.2 Å². The molecule has 0 unspecified atom stereocenters. The zero-order valence-electron chi connectivity index (χ0n) is 7.58. The molecule has 0 atom stereocenters. The third-order valence-electron chi connectivity index (χ3n) is 1.58. The van der Waals surface area contributed by atoms with Crippen LogP contribution in [-0.2, 0) is 0 Å². The fraction of sp³-hybridized carbons (Fsp3) is 0.333. The summed E-state index contributed by atoms with van der Waals surface area (Å²) in [6.45, 7) is 2.61. The van der Waals surface area contributed by atoms with E-state index in [1.807, 2.05) is 19.1 Å². The molecule has 0 saturated heterocycles. The predicted molar refractivity (Wildman–Crippen MR) is 50.4 cm³/mol. The van der Waals surface area contributed by atoms with Crippen LogP contribution in [0.2, 0.25) is 0 Å². The highest BCUT2D eigenvalue weighted by molar-refractivity contribution is 5.91. The molecule has 4 heteroatoms. The van der Waals surface area contributed by atoms with E-state index in [2.05, 4.69) is 15.3 Å². The van der Waals surface area contributed by atoms with E-state index >= 15 is 0 Å². The molecule has 0 aromatic carbocycles. The Hall–Kier alpha value is -1.58. The van der Waals surface area contributed by atoms with Gasteiger partial charge in [0.05, 0.1) is 12.5 Å². The lowest BCUT2D eigenvalue weighted by atomic mass is 10.3. The highest BCUT2D eigenvalue weighted by Crippen LogP contribution is 1.90. The third-order valence-corrected chi connectivity index (χ3v) is 1.58. The molecule has 1 amide bonds. The largest absolute Gasteiger partial charge is 0.350 e. The van der Waals surface area contributed by atoms with Crippen molar-refractivity contribution in [3.63, 3.8) is 0 Å². The first-order valence-corrected chi connectivity index (χ1v) is 4.22. The van der Waals surface area contributed by atoms with Crippen LogP contribution in [0.25, 0.3) is 0 Å². The van der Waals surface area contributed by atoms with Crippen molar-refractivity contribution in [1.82, 2.24) is 15.3 Å². The zero-order valence-corrected chi connectivity index (χ0v) is 7.58. The Morgan fingerprint density at radius 3 is 3.23 bits per heavy atom. The second-order valence-electron chi connectivity index (χ2n) is 2.58. The maximum Gasteiger partial charge on any atom is 0.269 e. The van der Waals surface area contributed by atoms with Gasteiger partial charge in [0.15, 0.2) is 0 Å². The summed E-state index contributed by atoms with van der Waals surface area (Å²) in [6.07, 6.45) is 7.82. The molecule has 2 N–H and O–H groups in total. The molecule has 0 bridgehead atoms. The molecule has 4 nitrogen and oxygen atoms in total. The van der Waals surface area contributed by atoms with Crippen LogP contribution < -0.4 is 5.32 Å². The van der Waals surface area contributed by atoms with Gasteiger partial charge in [0.1, 0.15) is 5.69 Å². The van der Waals surface area contributed by atoms with E-state index in [9.17, 15) is 4.79 Å². The number of nitrogens with one attached hydrogen (secondary N) is 2. The lowest BCUT2D eigenvalue weighted by molar-refractivity contribution is 0.0950. The summed E-state index contributed by atoms with van der Waals surface area (Å²) >= 11 is 0. The molecule has 1 heterocycles. The molecular weight excluding hydrogens is 166 g/mol. The summed E-state index contributed by atoms with van der Waals surface area (Å²) < 4.78 is 0. The molecule has 0 aliphatic carbocycles. The number of carbonyl (C=O) groups excluding carboxylic acids is 1. The monoisotopic (exact) mass is 179 g/mol. The number of rotatable bonds is 4. The van der Waals surface area contributed by atoms with Gasteiger partial charge in [-0.25, -0.2) is 4.98 Å². The average Bonchev–Trinajstić information content (AvgIpc) is 2.65. The number of H-pyrrole nitrogens is 1. The predicted octanol–water partition coefficient (Wildman–Crippen LogP) is 1.11. The minimum Gasteiger partial charge on any atom is -0.350 e. The van der Waals surface area contributed by atoms with Crippen LogP contribution in [0.4, 0.5) is 0 Å². The quantitative estimate of drug-likeness (QED) is 0.537. The Morgan fingerprint density at radius 1 is 1.77 bits per heavy atom. The summed E-state index contributed by atoms with van der Waals surface area (Å²) in [5.74, 6) is -0.109. The van der Waals surface area contributed by atoms with Crippen LogP contribution in [0.3, 0.4) is 0 Å². The topological polar surface area (TPSA) is 57.8 Å². The van der Waals surface area contributed by atoms with Gasteiger partial charge in [-0.2, -0.15) is 0 Å². The van der Waals surface area contributed by atoms with Crippen LogP contribution in [0.1, 0.15) is 23.8 Å². The van der Waals surface area contributed by atoms with Crippen molar-refractivity contribution in [1.29, 1.82) is 0 Å². The Labute approximate surface area is 77.1 Å². The van der Waals surface area contributed by atoms with Gasteiger partial charge >= 0.3 is 0 Å². The van der Waals surface area contributed by atoms with E-state index < -0.39 is 0 Å². The minimum absolute atomic E-state index is 0.109. The van der Waals surface area contributed by atoms with Gasteiger partial charge in [0, 0.05) is 6.54 Å². The molecular formula is C9H13N3O. The second-order valence-corrected chi connectivity index (χ2v) is 2.58. The Kier molecular flexibility index (Phi) is 3.75. The molecule has 13 heavy (non-hydrogen) atoms. The van der Waals surface area contributed by atoms with Crippen LogP contribution >= 0.6 is 0 Å². The van der Waals surface area contributed by atoms with Crippen LogP contribution in [0, 0.1) is 0 Å². The van der Waals surface area contributed by atoms with Crippen LogP contribution in [-0.4, -0.2) is 22.4 Å². The number of amides is 1. The summed E-state index contributed by atoms with van der Waals surface area (Å²) in [4.78, 5) is 17.8. The van der Waals surface area contributed by atoms with Crippen LogP contribution in [0.5, 0.6) is 0 Å². The molecule has 1 aromatic heterocycles. The number of imidazole rings is 1. The molecule has 1 rings (SSSR count). The number of allylic oxidation sites excluding steroid dienone is 1. The fourth-order valence-electron chi connectivity index (χ4n) is 0.911. The van der Waals surface area contributed by atoms with E-state index in [0.717, 1.165) is 6.42 Å². The summed E-state index contributed by atoms with van der Waals surface area (Å²) in [5.41, 5.74) is 0.500. The number of nitrogens with zero attached hydrogens (tertiary/aromatic N) is 1. The third kappa shape index (κ3) is 3.11. The smallest absolute Gasteiger partial charge is 0.269 e. The van der Waals surface area contributed by atoms with Crippen molar-refractivity contribution >= 4 is 5.91 Å². The lowest BCUT2D eigenvalue weighted by Crippen LogP contribution is -2.24. The first kappa shape index (κ1) is 9.51. The SMILES string of the molecule is C/C=C/CCNC(=O)c1cnc[nH]1. The van der Waals surface area contributed by atoms with Gasteiger partial charge in [0.25, 0.3) is 5.91 Å². The Bertz CT molecular complexity index is 277. The second kappa shape index (κ2) is 5.13. The number of aromatic nitrogens is 2. The van der Waals surface area contributed by atoms with Gasteiger partial charge in [-0.3, -0.25) is 4.79 Å². The van der Waals surface area contributed by atoms with Gasteiger partial charge in [-0.05, 0) is 13.3 Å². The van der Waals surface area contributed by atoms with Crippen molar-refractivity contribution in [3.05, 3.63) is 30.4 Å². The number of carbonyl (C=O) groups is 1. The molecule has 0 aliphatic rings. The maximum atomic E-state index is 11.3. The zero-order chi connectivity index (χ0) is 9.52. The van der Waals surface area contributed by atoms with Crippen molar-refractivity contribution in [2.75, 3.05) is 6.54 Å². The number of hydrogen-bond donors (Lipinski definition) is 2. The first-order valence-electron chi connectivity index (χ1n) is 4.22. The van der Waals surface area contributed by atoms with E-state index in [4.69, 9.17) is 0 Å². The standard InChI is InChI=1S/C9H13N3O/c1-2-3-4-5-11-9(13)8-6-10-7-12-8/h2-3,6-7H,4-5H2,1H3,(H,10,12)(H,11,13)/b3-2+. The highest BCUT2D eigenvalue weighted by Gasteiger charge is 2.03. The van der Waals surface area contributed by atoms with E-state index in [0.29, 0.717) is 12.2 Å². The highest BCUT2D eigenvalue weighted by atomic mass is 16.1. The average molecular weight is 179 g/mol. The van der Waals surface area contributed by atoms with E-state index in [1.54, 1.807) is 0 Å². The van der Waals surface area contributed by atoms with Gasteiger partial charge in [-0.15, -0.1) is 0 Å². The number of hydrogen-bond acceptors (Lipinski definition) is 2. The van der Waals surface area contributed by atoms with E-state index in [-0.39, 0.29) is 5.91 Å². The van der Waals surface area contributed by atoms with E-state index in [1.165, 1.54) is 12.5 Å². The maximum absolute atomic E-state index is 11.3. The summed E-state index contributed by atoms with van der Waals surface area (Å²) in [6, 6.07) is 0. The molecule has 0 radical (unpaired) electrons. The number of aromatic amines is 1. The molecule has 0 saturated carbocycles. The minimum atomic E-state index is -0.109. The molecule has 70 valence electrons. The summed E-state index contributed by atoms with van der Waals surface area (Å²) in [5, 5.41) is 2.76. The first-order chi connectivity index (χ1) is 6.34. The van der Waals surface area contributed by atoms with Gasteiger partial charge < -0.3 is 10.3 Å².